The Balaban J connectivity index is 3.54. The van der Waals surface area contributed by atoms with Crippen LogP contribution in [-0.2, 0) is 0 Å². The molecule has 3 heteroatoms. The third-order valence-corrected chi connectivity index (χ3v) is 2.32. The Morgan fingerprint density at radius 2 is 1.29 bits per heavy atom. The molecule has 0 aromatic rings. The van der Waals surface area contributed by atoms with Gasteiger partial charge in [0.15, 0.2) is 0 Å². The van der Waals surface area contributed by atoms with Crippen molar-refractivity contribution in [2.75, 3.05) is 0 Å². The van der Waals surface area contributed by atoms with Gasteiger partial charge in [-0.15, -0.1) is 0 Å². The first-order chi connectivity index (χ1) is 2.94. The van der Waals surface area contributed by atoms with Crippen molar-refractivity contribution in [2.45, 2.75) is 17.3 Å². The maximum Gasteiger partial charge on any atom is 0.100 e. The lowest BCUT2D eigenvalue weighted by molar-refractivity contribution is 0.700. The summed E-state index contributed by atoms with van der Waals surface area (Å²) in [5, 5.41) is 0. The van der Waals surface area contributed by atoms with E-state index < -0.39 is 3.41 Å². The molecule has 0 saturated heterocycles. The van der Waals surface area contributed by atoms with Crippen molar-refractivity contribution in [2.24, 2.45) is 5.92 Å². The van der Waals surface area contributed by atoms with Gasteiger partial charge in [0.05, 0.1) is 0 Å². The monoisotopic (exact) mass is 154 g/mol. The van der Waals surface area contributed by atoms with E-state index in [1.165, 1.54) is 0 Å². The Kier molecular flexibility index (Phi) is 2.94. The molecule has 0 N–H and O–H groups in total. The summed E-state index contributed by atoms with van der Waals surface area (Å²) in [6.07, 6.45) is 0. The second-order valence-electron chi connectivity index (χ2n) is 1.84. The van der Waals surface area contributed by atoms with Crippen LogP contribution in [0.2, 0.25) is 0 Å². The van der Waals surface area contributed by atoms with E-state index in [0.717, 1.165) is 0 Å². The second kappa shape index (κ2) is 2.55. The first kappa shape index (κ1) is 8.05. The smallest absolute Gasteiger partial charge is 0.100 e. The van der Waals surface area contributed by atoms with Crippen molar-refractivity contribution >= 4 is 37.9 Å². The molecule has 0 saturated carbocycles. The predicted molar refractivity (Wildman–Crippen MR) is 44.5 cm³/mol. The third kappa shape index (κ3) is 3.62. The summed E-state index contributed by atoms with van der Waals surface area (Å²) in [5.74, 6) is 0.391. The summed E-state index contributed by atoms with van der Waals surface area (Å²) >= 11 is 12.2. The molecule has 0 aliphatic rings. The van der Waals surface area contributed by atoms with Gasteiger partial charge < -0.3 is 0 Å². The molecule has 0 amide bonds. The normalized spacial score (nSPS) is 12.9. The Morgan fingerprint density at radius 3 is 1.29 bits per heavy atom. The number of hydrogen-bond donors (Lipinski definition) is 3. The molecule has 0 aromatic carbocycles. The molecule has 0 aromatic heterocycles. The van der Waals surface area contributed by atoms with E-state index in [1.807, 2.05) is 13.8 Å². The first-order valence-corrected chi connectivity index (χ1v) is 3.46. The lowest BCUT2D eigenvalue weighted by atomic mass is 10.3. The van der Waals surface area contributed by atoms with E-state index in [0.29, 0.717) is 5.92 Å². The van der Waals surface area contributed by atoms with Crippen molar-refractivity contribution in [3.8, 4) is 0 Å². The van der Waals surface area contributed by atoms with Crippen LogP contribution in [0.4, 0.5) is 0 Å². The van der Waals surface area contributed by atoms with E-state index in [2.05, 4.69) is 37.9 Å². The second-order valence-corrected chi connectivity index (χ2v) is 5.02. The first-order valence-electron chi connectivity index (χ1n) is 2.11. The lowest BCUT2D eigenvalue weighted by Crippen LogP contribution is -2.11. The molecule has 0 fully saturated rings. The maximum atomic E-state index is 4.08. The van der Waals surface area contributed by atoms with Crippen molar-refractivity contribution in [3.63, 3.8) is 0 Å². The lowest BCUT2D eigenvalue weighted by Gasteiger charge is -2.18. The van der Waals surface area contributed by atoms with Gasteiger partial charge in [-0.2, -0.15) is 37.9 Å². The standard InChI is InChI=1S/C4H10S3/c1-3(2)4(5,6)7/h3,5-7H,1-2H3. The van der Waals surface area contributed by atoms with Crippen LogP contribution in [0, 0.1) is 5.92 Å². The van der Waals surface area contributed by atoms with Crippen LogP contribution in [0.15, 0.2) is 0 Å². The molecule has 0 aliphatic heterocycles. The number of hydrogen-bond acceptors (Lipinski definition) is 3. The van der Waals surface area contributed by atoms with Gasteiger partial charge in [0.1, 0.15) is 3.41 Å². The zero-order chi connectivity index (χ0) is 6.08. The minimum absolute atomic E-state index is 0.391. The van der Waals surface area contributed by atoms with Gasteiger partial charge in [-0.1, -0.05) is 13.8 Å². The van der Waals surface area contributed by atoms with Gasteiger partial charge in [0.25, 0.3) is 0 Å². The largest absolute Gasteiger partial charge is 0.151 e. The molecule has 0 bridgehead atoms. The van der Waals surface area contributed by atoms with E-state index in [9.17, 15) is 0 Å². The van der Waals surface area contributed by atoms with Crippen LogP contribution in [0.5, 0.6) is 0 Å². The summed E-state index contributed by atoms with van der Waals surface area (Å²) < 4.78 is -0.417. The zero-order valence-electron chi connectivity index (χ0n) is 4.42. The molecule has 0 unspecified atom stereocenters. The molecular formula is C4H10S3. The van der Waals surface area contributed by atoms with E-state index >= 15 is 0 Å². The van der Waals surface area contributed by atoms with Gasteiger partial charge in [-0.3, -0.25) is 0 Å². The zero-order valence-corrected chi connectivity index (χ0v) is 7.10. The molecule has 0 radical (unpaired) electrons. The summed E-state index contributed by atoms with van der Waals surface area (Å²) in [6.45, 7) is 4.04. The Labute approximate surface area is 61.3 Å². The van der Waals surface area contributed by atoms with E-state index in [1.54, 1.807) is 0 Å². The van der Waals surface area contributed by atoms with Crippen molar-refractivity contribution in [1.82, 2.24) is 0 Å². The fourth-order valence-corrected chi connectivity index (χ4v) is 0. The number of thiol groups is 3. The van der Waals surface area contributed by atoms with Crippen molar-refractivity contribution in [3.05, 3.63) is 0 Å². The molecular weight excluding hydrogens is 144 g/mol. The van der Waals surface area contributed by atoms with Crippen molar-refractivity contribution < 1.29 is 0 Å². The van der Waals surface area contributed by atoms with Gasteiger partial charge in [-0.25, -0.2) is 0 Å². The van der Waals surface area contributed by atoms with Crippen molar-refractivity contribution in [1.29, 1.82) is 0 Å². The Bertz CT molecular complexity index is 52.4. The molecule has 7 heavy (non-hydrogen) atoms. The Morgan fingerprint density at radius 1 is 1.14 bits per heavy atom. The minimum atomic E-state index is -0.417. The Hall–Kier alpha value is 1.05. The van der Waals surface area contributed by atoms with Crippen LogP contribution in [0.1, 0.15) is 13.8 Å². The SMILES string of the molecule is CC(C)C(S)(S)S. The molecule has 0 spiro atoms. The predicted octanol–water partition coefficient (Wildman–Crippen LogP) is 2.09. The summed E-state index contributed by atoms with van der Waals surface area (Å²) in [7, 11) is 0. The molecule has 0 atom stereocenters. The highest BCUT2D eigenvalue weighted by Gasteiger charge is 2.17. The number of rotatable bonds is 1. The average Bonchev–Trinajstić information content (AvgIpc) is 1.31. The van der Waals surface area contributed by atoms with Gasteiger partial charge in [0, 0.05) is 0 Å². The fourth-order valence-electron chi connectivity index (χ4n) is 0. The van der Waals surface area contributed by atoms with Crippen LogP contribution in [-0.4, -0.2) is 3.41 Å². The molecule has 0 aliphatic carbocycles. The molecule has 0 rings (SSSR count). The summed E-state index contributed by atoms with van der Waals surface area (Å²) in [5.41, 5.74) is 0. The highest BCUT2D eigenvalue weighted by atomic mass is 32.2. The highest BCUT2D eigenvalue weighted by Crippen LogP contribution is 2.32. The van der Waals surface area contributed by atoms with Crippen LogP contribution in [0.25, 0.3) is 0 Å². The highest BCUT2D eigenvalue weighted by molar-refractivity contribution is 8.16. The van der Waals surface area contributed by atoms with E-state index in [-0.39, 0.29) is 0 Å². The molecule has 44 valence electrons. The minimum Gasteiger partial charge on any atom is -0.151 e. The quantitative estimate of drug-likeness (QED) is 0.374. The van der Waals surface area contributed by atoms with Crippen LogP contribution in [0.3, 0.4) is 0 Å². The topological polar surface area (TPSA) is 0 Å². The summed E-state index contributed by atoms with van der Waals surface area (Å²) in [4.78, 5) is 0. The fraction of sp³-hybridized carbons (Fsp3) is 1.00. The van der Waals surface area contributed by atoms with Crippen LogP contribution >= 0.6 is 37.9 Å². The molecule has 0 nitrogen and oxygen atoms in total. The maximum absolute atomic E-state index is 4.08. The molecule has 0 heterocycles. The average molecular weight is 154 g/mol. The van der Waals surface area contributed by atoms with Crippen LogP contribution < -0.4 is 0 Å². The van der Waals surface area contributed by atoms with Gasteiger partial charge in [-0.05, 0) is 5.92 Å². The van der Waals surface area contributed by atoms with E-state index in [4.69, 9.17) is 0 Å². The summed E-state index contributed by atoms with van der Waals surface area (Å²) in [6, 6.07) is 0. The van der Waals surface area contributed by atoms with Gasteiger partial charge in [0.2, 0.25) is 0 Å². The third-order valence-electron chi connectivity index (χ3n) is 0.775. The van der Waals surface area contributed by atoms with Gasteiger partial charge >= 0.3 is 0 Å².